The third-order valence-corrected chi connectivity index (χ3v) is 12.7. The maximum Gasteiger partial charge on any atom is 0.133 e. The topological polar surface area (TPSA) is 17.4 Å². The van der Waals surface area contributed by atoms with Crippen LogP contribution in [0.4, 0.5) is 17.1 Å². The molecule has 2 aliphatic carbocycles. The lowest BCUT2D eigenvalue weighted by Crippen LogP contribution is -2.37. The summed E-state index contributed by atoms with van der Waals surface area (Å²) in [4.78, 5) is 2.41. The largest absolute Gasteiger partial charge is 0.457 e. The van der Waals surface area contributed by atoms with Crippen LogP contribution in [0.3, 0.4) is 0 Å². The molecule has 0 atom stereocenters. The number of rotatable bonds is 7. The van der Waals surface area contributed by atoms with Gasteiger partial charge in [0.1, 0.15) is 11.5 Å². The molecular weight excluding hydrogens is 669 g/mol. The fraction of sp³-hybridized carbons (Fsp3) is 0.231. The first kappa shape index (κ1) is 33.7. The number of fused-ring (bicyclic) bond motifs is 6. The van der Waals surface area contributed by atoms with Crippen molar-refractivity contribution in [3.8, 4) is 17.2 Å². The Morgan fingerprint density at radius 2 is 1.05 bits per heavy atom. The van der Waals surface area contributed by atoms with Crippen molar-refractivity contribution >= 4 is 49.6 Å². The molecule has 3 nitrogen and oxygen atoms in total. The number of nitrogens with zero attached hydrogens (tertiary/aromatic N) is 2. The van der Waals surface area contributed by atoms with Gasteiger partial charge in [0.2, 0.25) is 0 Å². The fourth-order valence-electron chi connectivity index (χ4n) is 10.5. The third-order valence-electron chi connectivity index (χ3n) is 12.7. The van der Waals surface area contributed by atoms with Crippen molar-refractivity contribution < 1.29 is 4.74 Å². The van der Waals surface area contributed by atoms with Crippen molar-refractivity contribution in [1.29, 1.82) is 0 Å². The van der Waals surface area contributed by atoms with Crippen LogP contribution >= 0.6 is 0 Å². The molecule has 272 valence electrons. The first-order chi connectivity index (χ1) is 27.0. The normalized spacial score (nSPS) is 20.9. The summed E-state index contributed by atoms with van der Waals surface area (Å²) < 4.78 is 9.45. The second-order valence-electron chi connectivity index (χ2n) is 16.5. The van der Waals surface area contributed by atoms with Crippen LogP contribution in [-0.4, -0.2) is 4.57 Å². The molecule has 0 unspecified atom stereocenters. The summed E-state index contributed by atoms with van der Waals surface area (Å²) in [5, 5.41) is 5.00. The Kier molecular flexibility index (Phi) is 8.47. The Morgan fingerprint density at radius 3 is 1.73 bits per heavy atom. The third kappa shape index (κ3) is 6.07. The van der Waals surface area contributed by atoms with E-state index in [-0.39, 0.29) is 0 Å². The number of ether oxygens (including phenoxy) is 1. The number of aromatic nitrogens is 1. The van der Waals surface area contributed by atoms with Gasteiger partial charge in [-0.1, -0.05) is 105 Å². The van der Waals surface area contributed by atoms with E-state index >= 15 is 0 Å². The number of aryl methyl sites for hydroxylation is 1. The van der Waals surface area contributed by atoms with Gasteiger partial charge in [-0.2, -0.15) is 0 Å². The van der Waals surface area contributed by atoms with Crippen molar-refractivity contribution in [2.75, 3.05) is 4.90 Å². The molecule has 2 fully saturated rings. The van der Waals surface area contributed by atoms with Gasteiger partial charge in [0, 0.05) is 39.6 Å². The number of hydrogen-bond acceptors (Lipinski definition) is 2. The summed E-state index contributed by atoms with van der Waals surface area (Å²) in [5.41, 5.74) is 9.42. The van der Waals surface area contributed by atoms with E-state index in [1.807, 2.05) is 0 Å². The second kappa shape index (κ2) is 13.8. The molecule has 55 heavy (non-hydrogen) atoms. The minimum absolute atomic E-state index is 0.514. The Hall–Kier alpha value is -5.80. The number of para-hydroxylation sites is 3. The highest BCUT2D eigenvalue weighted by atomic mass is 16.5. The SMILES string of the molecule is Cc1ccccc1Oc1cc(N(c2ccc(-n3c4ccccc4c4ccccc43)cc2)c2ccc3ccccc3c2)ccc1C1C2CC(C)CC1CC(C)C2. The van der Waals surface area contributed by atoms with Gasteiger partial charge in [0.15, 0.2) is 0 Å². The van der Waals surface area contributed by atoms with Crippen molar-refractivity contribution in [1.82, 2.24) is 4.57 Å². The second-order valence-corrected chi connectivity index (χ2v) is 16.5. The average molecular weight is 717 g/mol. The van der Waals surface area contributed by atoms with Crippen molar-refractivity contribution in [3.05, 3.63) is 169 Å². The monoisotopic (exact) mass is 716 g/mol. The van der Waals surface area contributed by atoms with Crippen LogP contribution in [0, 0.1) is 30.6 Å². The van der Waals surface area contributed by atoms with Crippen LogP contribution < -0.4 is 9.64 Å². The van der Waals surface area contributed by atoms with E-state index in [0.29, 0.717) is 17.8 Å². The van der Waals surface area contributed by atoms with Gasteiger partial charge in [-0.25, -0.2) is 0 Å². The van der Waals surface area contributed by atoms with Crippen LogP contribution in [0.15, 0.2) is 158 Å². The molecule has 1 aromatic heterocycles. The highest BCUT2D eigenvalue weighted by molar-refractivity contribution is 6.09. The first-order valence-electron chi connectivity index (χ1n) is 20.2. The lowest BCUT2D eigenvalue weighted by atomic mass is 9.57. The van der Waals surface area contributed by atoms with Gasteiger partial charge in [-0.05, 0) is 145 Å². The maximum atomic E-state index is 7.07. The van der Waals surface area contributed by atoms with E-state index in [4.69, 9.17) is 4.74 Å². The zero-order valence-corrected chi connectivity index (χ0v) is 32.0. The molecule has 3 heteroatoms. The van der Waals surface area contributed by atoms with Crippen molar-refractivity contribution in [2.24, 2.45) is 23.7 Å². The van der Waals surface area contributed by atoms with Crippen LogP contribution in [0.1, 0.15) is 56.6 Å². The maximum absolute atomic E-state index is 7.07. The van der Waals surface area contributed by atoms with Crippen LogP contribution in [-0.2, 0) is 0 Å². The highest BCUT2D eigenvalue weighted by Gasteiger charge is 2.43. The van der Waals surface area contributed by atoms with Crippen molar-refractivity contribution in [3.63, 3.8) is 0 Å². The van der Waals surface area contributed by atoms with Gasteiger partial charge in [0.05, 0.1) is 11.0 Å². The lowest BCUT2D eigenvalue weighted by Gasteiger charge is -2.48. The van der Waals surface area contributed by atoms with Crippen LogP contribution in [0.25, 0.3) is 38.3 Å². The van der Waals surface area contributed by atoms with Gasteiger partial charge < -0.3 is 14.2 Å². The number of hydrogen-bond donors (Lipinski definition) is 0. The molecule has 0 aliphatic heterocycles. The molecule has 8 aromatic rings. The first-order valence-corrected chi connectivity index (χ1v) is 20.2. The molecule has 0 spiro atoms. The van der Waals surface area contributed by atoms with Crippen LogP contribution in [0.2, 0.25) is 0 Å². The molecule has 0 radical (unpaired) electrons. The zero-order valence-electron chi connectivity index (χ0n) is 32.0. The number of anilines is 3. The van der Waals surface area contributed by atoms with E-state index in [9.17, 15) is 0 Å². The van der Waals surface area contributed by atoms with Gasteiger partial charge >= 0.3 is 0 Å². The summed E-state index contributed by atoms with van der Waals surface area (Å²) in [6.07, 6.45) is 5.22. The van der Waals surface area contributed by atoms with Crippen LogP contribution in [0.5, 0.6) is 11.5 Å². The Labute approximate surface area is 324 Å². The molecule has 0 N–H and O–H groups in total. The molecular formula is C52H48N2O. The Bertz CT molecular complexity index is 2590. The standard InChI is InChI=1S/C52H48N2O/c1-34-28-39-30-35(2)31-40(29-34)52(39)47-27-26-44(33-51(47)55-50-19-11-4-12-36(50)3)53(43-21-20-37-13-5-6-14-38(37)32-43)41-22-24-42(25-23-41)54-48-17-9-7-15-45(48)46-16-8-10-18-49(46)54/h4-27,32-35,39-40,52H,28-31H2,1-3H3. The molecule has 10 rings (SSSR count). The predicted molar refractivity (Wildman–Crippen MR) is 231 cm³/mol. The Morgan fingerprint density at radius 1 is 0.509 bits per heavy atom. The minimum Gasteiger partial charge on any atom is -0.457 e. The molecule has 0 amide bonds. The van der Waals surface area contributed by atoms with Crippen molar-refractivity contribution in [2.45, 2.75) is 52.4 Å². The molecule has 1 heterocycles. The molecule has 7 aromatic carbocycles. The summed E-state index contributed by atoms with van der Waals surface area (Å²) in [7, 11) is 0. The van der Waals surface area contributed by atoms with E-state index in [2.05, 4.69) is 188 Å². The smallest absolute Gasteiger partial charge is 0.133 e. The molecule has 2 bridgehead atoms. The van der Waals surface area contributed by atoms with E-state index in [0.717, 1.165) is 51.6 Å². The predicted octanol–water partition coefficient (Wildman–Crippen LogP) is 14.7. The molecule has 2 aliphatic rings. The number of benzene rings is 7. The summed E-state index contributed by atoms with van der Waals surface area (Å²) in [6.45, 7) is 7.08. The van der Waals surface area contributed by atoms with E-state index in [1.54, 1.807) is 0 Å². The van der Waals surface area contributed by atoms with E-state index in [1.165, 1.54) is 63.8 Å². The Balaban J connectivity index is 1.13. The molecule has 2 saturated carbocycles. The quantitative estimate of drug-likeness (QED) is 0.163. The minimum atomic E-state index is 0.514. The average Bonchev–Trinajstić information content (AvgIpc) is 3.53. The van der Waals surface area contributed by atoms with Gasteiger partial charge in [0.25, 0.3) is 0 Å². The van der Waals surface area contributed by atoms with E-state index < -0.39 is 0 Å². The fourth-order valence-corrected chi connectivity index (χ4v) is 10.5. The van der Waals surface area contributed by atoms with Gasteiger partial charge in [-0.15, -0.1) is 0 Å². The highest BCUT2D eigenvalue weighted by Crippen LogP contribution is 2.56. The summed E-state index contributed by atoms with van der Waals surface area (Å²) in [5.74, 6) is 5.38. The lowest BCUT2D eigenvalue weighted by molar-refractivity contribution is 0.0784. The summed E-state index contributed by atoms with van der Waals surface area (Å²) >= 11 is 0. The zero-order chi connectivity index (χ0) is 37.0. The molecule has 0 saturated heterocycles. The summed E-state index contributed by atoms with van der Waals surface area (Å²) in [6, 6.07) is 57.6. The van der Waals surface area contributed by atoms with Gasteiger partial charge in [-0.3, -0.25) is 0 Å².